The smallest absolute Gasteiger partial charge is 0.428 e. The van der Waals surface area contributed by atoms with E-state index < -0.39 is 54.9 Å². The number of rotatable bonds is 11. The van der Waals surface area contributed by atoms with Crippen LogP contribution in [-0.2, 0) is 12.0 Å². The molecule has 0 amide bonds. The molecule has 39 heavy (non-hydrogen) atoms. The van der Waals surface area contributed by atoms with Crippen molar-refractivity contribution in [3.8, 4) is 11.8 Å². The predicted octanol–water partition coefficient (Wildman–Crippen LogP) is 6.32. The van der Waals surface area contributed by atoms with Gasteiger partial charge in [-0.15, -0.1) is 0 Å². The van der Waals surface area contributed by atoms with Crippen LogP contribution in [0.4, 0.5) is 35.1 Å². The monoisotopic (exact) mass is 558 g/mol. The fourth-order valence-electron chi connectivity index (χ4n) is 4.07. The average Bonchev–Trinajstić information content (AvgIpc) is 2.85. The van der Waals surface area contributed by atoms with Crippen molar-refractivity contribution in [1.82, 2.24) is 5.32 Å². The quantitative estimate of drug-likeness (QED) is 0.270. The lowest BCUT2D eigenvalue weighted by atomic mass is 9.77. The number of aliphatic hydroxyl groups is 1. The van der Waals surface area contributed by atoms with Crippen LogP contribution >= 0.6 is 0 Å². The zero-order chi connectivity index (χ0) is 28.8. The van der Waals surface area contributed by atoms with Crippen molar-refractivity contribution < 1.29 is 45.0 Å². The number of nitrogens with one attached hydrogen (secondary N) is 1. The Morgan fingerprint density at radius 2 is 1.54 bits per heavy atom. The maximum Gasteiger partial charge on any atom is 0.461 e. The molecule has 208 valence electrons. The molecule has 0 aliphatic carbocycles. The highest BCUT2D eigenvalue weighted by molar-refractivity contribution is 5.46. The minimum absolute atomic E-state index is 0.118. The zero-order valence-corrected chi connectivity index (χ0v) is 20.0. The largest absolute Gasteiger partial charge is 0.461 e. The Bertz CT molecular complexity index is 1280. The normalized spacial score (nSPS) is 14.5. The van der Waals surface area contributed by atoms with Crippen LogP contribution in [0.1, 0.15) is 28.7 Å². The van der Waals surface area contributed by atoms with Gasteiger partial charge in [-0.05, 0) is 47.4 Å². The van der Waals surface area contributed by atoms with Crippen molar-refractivity contribution in [3.05, 3.63) is 101 Å². The van der Waals surface area contributed by atoms with Crippen LogP contribution < -0.4 is 10.1 Å². The molecular formula is C27H22F8N2O2. The topological polar surface area (TPSA) is 65.3 Å². The molecule has 0 heterocycles. The van der Waals surface area contributed by atoms with Gasteiger partial charge in [0.2, 0.25) is 0 Å². The first-order valence-corrected chi connectivity index (χ1v) is 11.4. The van der Waals surface area contributed by atoms with E-state index in [9.17, 15) is 45.5 Å². The highest BCUT2D eigenvalue weighted by atomic mass is 19.4. The number of benzene rings is 3. The highest BCUT2D eigenvalue weighted by Gasteiger charge is 2.45. The molecule has 2 N–H and O–H groups in total. The van der Waals surface area contributed by atoms with E-state index in [1.807, 2.05) is 6.07 Å². The van der Waals surface area contributed by atoms with Crippen LogP contribution in [0.25, 0.3) is 0 Å². The molecule has 12 heteroatoms. The van der Waals surface area contributed by atoms with Crippen LogP contribution in [0.2, 0.25) is 0 Å². The molecule has 0 saturated heterocycles. The van der Waals surface area contributed by atoms with Gasteiger partial charge in [0.05, 0.1) is 29.7 Å². The third-order valence-electron chi connectivity index (χ3n) is 5.80. The molecule has 0 aromatic heterocycles. The molecule has 3 rings (SSSR count). The van der Waals surface area contributed by atoms with Crippen molar-refractivity contribution in [2.45, 2.75) is 43.2 Å². The molecule has 3 aromatic rings. The van der Waals surface area contributed by atoms with Gasteiger partial charge in [0, 0.05) is 12.6 Å². The number of hydrogen-bond donors (Lipinski definition) is 2. The van der Waals surface area contributed by atoms with E-state index in [4.69, 9.17) is 0 Å². The minimum Gasteiger partial charge on any atom is -0.428 e. The molecule has 4 nitrogen and oxygen atoms in total. The van der Waals surface area contributed by atoms with Gasteiger partial charge in [0.15, 0.2) is 0 Å². The molecule has 0 fully saturated rings. The number of aliphatic hydroxyl groups excluding tert-OH is 1. The second-order valence-electron chi connectivity index (χ2n) is 8.75. The van der Waals surface area contributed by atoms with Crippen LogP contribution in [0.15, 0.2) is 72.8 Å². The first kappa shape index (κ1) is 29.9. The molecule has 0 unspecified atom stereocenters. The lowest BCUT2D eigenvalue weighted by molar-refractivity contribution is -0.253. The lowest BCUT2D eigenvalue weighted by Gasteiger charge is -2.38. The summed E-state index contributed by atoms with van der Waals surface area (Å²) in [6.07, 6.45) is -17.5. The molecule has 2 atom stereocenters. The number of hydrogen-bond acceptors (Lipinski definition) is 4. The minimum atomic E-state index is -4.96. The maximum atomic E-state index is 14.7. The molecule has 0 aliphatic heterocycles. The summed E-state index contributed by atoms with van der Waals surface area (Å²) in [6, 6.07) is 18.0. The second kappa shape index (κ2) is 12.0. The Morgan fingerprint density at radius 1 is 0.897 bits per heavy atom. The van der Waals surface area contributed by atoms with Crippen LogP contribution in [-0.4, -0.2) is 36.5 Å². The Hall–Kier alpha value is -3.69. The number of nitrogens with zero attached hydrogens (tertiary/aromatic N) is 1. The van der Waals surface area contributed by atoms with Gasteiger partial charge in [-0.2, -0.15) is 36.0 Å². The van der Waals surface area contributed by atoms with E-state index in [0.717, 1.165) is 12.1 Å². The van der Waals surface area contributed by atoms with E-state index in [-0.39, 0.29) is 23.1 Å². The van der Waals surface area contributed by atoms with Gasteiger partial charge in [-0.3, -0.25) is 0 Å². The Balaban J connectivity index is 2.21. The maximum absolute atomic E-state index is 14.7. The third-order valence-corrected chi connectivity index (χ3v) is 5.80. The van der Waals surface area contributed by atoms with Gasteiger partial charge >= 0.3 is 18.7 Å². The summed E-state index contributed by atoms with van der Waals surface area (Å²) in [5.41, 5.74) is -0.854. The van der Waals surface area contributed by atoms with Crippen molar-refractivity contribution in [2.24, 2.45) is 0 Å². The molecule has 0 saturated carbocycles. The first-order chi connectivity index (χ1) is 18.2. The summed E-state index contributed by atoms with van der Waals surface area (Å²) in [6.45, 7) is -0.688. The summed E-state index contributed by atoms with van der Waals surface area (Å²) in [7, 11) is 0. The van der Waals surface area contributed by atoms with Crippen molar-refractivity contribution in [3.63, 3.8) is 0 Å². The summed E-state index contributed by atoms with van der Waals surface area (Å²) >= 11 is 0. The lowest BCUT2D eigenvalue weighted by Crippen LogP contribution is -2.49. The van der Waals surface area contributed by atoms with E-state index in [1.165, 1.54) is 24.3 Å². The molecular weight excluding hydrogens is 536 g/mol. The Labute approximate surface area is 218 Å². The standard InChI is InChI=1S/C27H22F8N2O2/c28-21-10-20(11-23(12-21)39-27(34,35)24(29)30)25(13-17-4-2-1-3-5-17,19-8-6-18(15-36)7-9-19)37-16-22(38)14-26(31,32)33/h1-12,22,24,37-38H,13-14,16H2/t22-,25+/m0/s1. The van der Waals surface area contributed by atoms with E-state index >= 15 is 0 Å². The second-order valence-corrected chi connectivity index (χ2v) is 8.75. The summed E-state index contributed by atoms with van der Waals surface area (Å²) in [5.74, 6) is -2.12. The van der Waals surface area contributed by atoms with Crippen LogP contribution in [0.3, 0.4) is 0 Å². The van der Waals surface area contributed by atoms with E-state index in [0.29, 0.717) is 11.6 Å². The highest BCUT2D eigenvalue weighted by Crippen LogP contribution is 2.38. The fourth-order valence-corrected chi connectivity index (χ4v) is 4.07. The number of halogens is 8. The predicted molar refractivity (Wildman–Crippen MR) is 125 cm³/mol. The summed E-state index contributed by atoms with van der Waals surface area (Å²) < 4.78 is 110. The number of ether oxygens (including phenoxy) is 1. The van der Waals surface area contributed by atoms with Crippen LogP contribution in [0, 0.1) is 17.1 Å². The Morgan fingerprint density at radius 3 is 2.10 bits per heavy atom. The molecule has 0 radical (unpaired) electrons. The molecule has 0 aliphatic rings. The van der Waals surface area contributed by atoms with Gasteiger partial charge in [0.25, 0.3) is 0 Å². The number of nitriles is 1. The summed E-state index contributed by atoms with van der Waals surface area (Å²) in [5, 5.41) is 22.1. The van der Waals surface area contributed by atoms with Crippen LogP contribution in [0.5, 0.6) is 5.75 Å². The van der Waals surface area contributed by atoms with Gasteiger partial charge in [0.1, 0.15) is 11.6 Å². The average molecular weight is 558 g/mol. The van der Waals surface area contributed by atoms with Gasteiger partial charge < -0.3 is 15.2 Å². The molecule has 0 bridgehead atoms. The van der Waals surface area contributed by atoms with Crippen molar-refractivity contribution >= 4 is 0 Å². The molecule has 3 aromatic carbocycles. The van der Waals surface area contributed by atoms with Crippen molar-refractivity contribution in [2.75, 3.05) is 6.54 Å². The third kappa shape index (κ3) is 7.91. The van der Waals surface area contributed by atoms with Gasteiger partial charge in [-0.25, -0.2) is 4.39 Å². The first-order valence-electron chi connectivity index (χ1n) is 11.4. The SMILES string of the molecule is N#Cc1ccc([C@@](Cc2ccccc2)(NC[C@@H](O)CC(F)(F)F)c2cc(F)cc(OC(F)(F)C(F)F)c2)cc1. The zero-order valence-electron chi connectivity index (χ0n) is 20.0. The van der Waals surface area contributed by atoms with E-state index in [1.54, 1.807) is 30.3 Å². The molecule has 0 spiro atoms. The Kier molecular flexibility index (Phi) is 9.19. The fraction of sp³-hybridized carbons (Fsp3) is 0.296. The number of alkyl halides is 7. The van der Waals surface area contributed by atoms with E-state index in [2.05, 4.69) is 10.1 Å². The van der Waals surface area contributed by atoms with Crippen molar-refractivity contribution in [1.29, 1.82) is 5.26 Å². The summed E-state index contributed by atoms with van der Waals surface area (Å²) in [4.78, 5) is 0. The van der Waals surface area contributed by atoms with Gasteiger partial charge in [-0.1, -0.05) is 42.5 Å².